The van der Waals surface area contributed by atoms with Crippen LogP contribution in [-0.4, -0.2) is 29.1 Å². The molecule has 0 aliphatic carbocycles. The van der Waals surface area contributed by atoms with Crippen LogP contribution in [0.2, 0.25) is 15.1 Å². The molecule has 0 spiro atoms. The summed E-state index contributed by atoms with van der Waals surface area (Å²) in [6.07, 6.45) is 1.78. The van der Waals surface area contributed by atoms with Crippen molar-refractivity contribution in [1.29, 1.82) is 0 Å². The quantitative estimate of drug-likeness (QED) is 0.377. The average Bonchev–Trinajstić information content (AvgIpc) is 2.77. The largest absolute Gasteiger partial charge is 0.467 e. The number of pyridine rings is 1. The third kappa shape index (κ3) is 5.78. The molecule has 0 saturated carbocycles. The second-order valence-electron chi connectivity index (χ2n) is 8.46. The predicted octanol–water partition coefficient (Wildman–Crippen LogP) is 6.57. The Bertz CT molecular complexity index is 1350. The normalized spacial score (nSPS) is 13.8. The van der Waals surface area contributed by atoms with Gasteiger partial charge in [0.25, 0.3) is 5.91 Å². The van der Waals surface area contributed by atoms with Crippen molar-refractivity contribution < 1.29 is 19.1 Å². The van der Waals surface area contributed by atoms with E-state index < -0.39 is 24.1 Å². The smallest absolute Gasteiger partial charge is 0.303 e. The van der Waals surface area contributed by atoms with Crippen molar-refractivity contribution in [2.75, 3.05) is 6.61 Å². The summed E-state index contributed by atoms with van der Waals surface area (Å²) < 4.78 is 11.0. The lowest BCUT2D eigenvalue weighted by Crippen LogP contribution is -2.35. The van der Waals surface area contributed by atoms with Crippen molar-refractivity contribution >= 4 is 52.4 Å². The first kappa shape index (κ1) is 25.0. The molecule has 0 bridgehead atoms. The van der Waals surface area contributed by atoms with Gasteiger partial charge in [-0.1, -0.05) is 46.9 Å². The summed E-state index contributed by atoms with van der Waals surface area (Å²) in [5.41, 5.74) is 3.11. The van der Waals surface area contributed by atoms with E-state index >= 15 is 0 Å². The lowest BCUT2D eigenvalue weighted by molar-refractivity contribution is -0.146. The molecule has 0 atom stereocenters. The summed E-state index contributed by atoms with van der Waals surface area (Å²) in [5.74, 6) is -0.704. The van der Waals surface area contributed by atoms with Crippen LogP contribution in [0.3, 0.4) is 0 Å². The molecule has 2 aromatic carbocycles. The van der Waals surface area contributed by atoms with Gasteiger partial charge >= 0.3 is 5.97 Å². The first-order valence-electron chi connectivity index (χ1n) is 10.6. The highest BCUT2D eigenvalue weighted by Gasteiger charge is 2.31. The minimum atomic E-state index is -0.771. The molecular formula is C26H21Cl3N2O4. The van der Waals surface area contributed by atoms with Crippen molar-refractivity contribution in [1.82, 2.24) is 10.3 Å². The molecule has 35 heavy (non-hydrogen) atoms. The fourth-order valence-electron chi connectivity index (χ4n) is 3.66. The Morgan fingerprint density at radius 2 is 1.66 bits per heavy atom. The Kier molecular flexibility index (Phi) is 7.08. The van der Waals surface area contributed by atoms with E-state index in [1.807, 2.05) is 32.0 Å². The van der Waals surface area contributed by atoms with Gasteiger partial charge in [0.15, 0.2) is 6.61 Å². The number of hydrogen-bond donors (Lipinski definition) is 1. The van der Waals surface area contributed by atoms with Crippen LogP contribution in [0, 0.1) is 0 Å². The van der Waals surface area contributed by atoms with Crippen LogP contribution >= 0.6 is 34.8 Å². The third-order valence-electron chi connectivity index (χ3n) is 5.15. The van der Waals surface area contributed by atoms with Gasteiger partial charge in [-0.3, -0.25) is 9.59 Å². The average molecular weight is 532 g/mol. The molecule has 3 aromatic rings. The van der Waals surface area contributed by atoms with Crippen LogP contribution in [0.25, 0.3) is 28.1 Å². The highest BCUT2D eigenvalue weighted by molar-refractivity contribution is 6.36. The van der Waals surface area contributed by atoms with Crippen LogP contribution in [0.15, 0.2) is 54.6 Å². The number of benzene rings is 2. The van der Waals surface area contributed by atoms with Gasteiger partial charge in [-0.2, -0.15) is 0 Å². The molecule has 0 radical (unpaired) electrons. The van der Waals surface area contributed by atoms with E-state index in [1.165, 1.54) is 6.92 Å². The lowest BCUT2D eigenvalue weighted by atomic mass is 9.94. The molecule has 4 rings (SSSR count). The zero-order valence-corrected chi connectivity index (χ0v) is 21.4. The molecule has 1 aromatic heterocycles. The first-order valence-corrected chi connectivity index (χ1v) is 11.8. The molecule has 1 aliphatic rings. The number of fused-ring (bicyclic) bond motifs is 1. The van der Waals surface area contributed by atoms with Gasteiger partial charge in [0, 0.05) is 28.1 Å². The van der Waals surface area contributed by atoms with E-state index in [9.17, 15) is 9.59 Å². The molecule has 1 amide bonds. The van der Waals surface area contributed by atoms with Gasteiger partial charge in [0.1, 0.15) is 5.60 Å². The number of nitrogens with one attached hydrogen (secondary N) is 1. The number of rotatable bonds is 5. The predicted molar refractivity (Wildman–Crippen MR) is 138 cm³/mol. The third-order valence-corrected chi connectivity index (χ3v) is 5.95. The van der Waals surface area contributed by atoms with E-state index in [4.69, 9.17) is 49.3 Å². The van der Waals surface area contributed by atoms with Crippen molar-refractivity contribution in [3.8, 4) is 28.3 Å². The van der Waals surface area contributed by atoms with Crippen molar-refractivity contribution in [3.05, 3.63) is 75.2 Å². The molecule has 1 N–H and O–H groups in total. The monoisotopic (exact) mass is 530 g/mol. The fraction of sp³-hybridized carbons (Fsp3) is 0.192. The molecular weight excluding hydrogens is 511 g/mol. The van der Waals surface area contributed by atoms with Crippen molar-refractivity contribution in [2.45, 2.75) is 26.4 Å². The highest BCUT2D eigenvalue weighted by atomic mass is 35.5. The number of amides is 1. The number of esters is 1. The van der Waals surface area contributed by atoms with Gasteiger partial charge < -0.3 is 14.8 Å². The second kappa shape index (κ2) is 9.90. The maximum atomic E-state index is 12.5. The van der Waals surface area contributed by atoms with Gasteiger partial charge in [0.05, 0.1) is 22.0 Å². The summed E-state index contributed by atoms with van der Waals surface area (Å²) in [7, 11) is 0. The Morgan fingerprint density at radius 3 is 2.31 bits per heavy atom. The first-order chi connectivity index (χ1) is 16.5. The summed E-state index contributed by atoms with van der Waals surface area (Å²) in [4.78, 5) is 28.4. The van der Waals surface area contributed by atoms with Crippen LogP contribution in [0.4, 0.5) is 0 Å². The van der Waals surface area contributed by atoms with Crippen LogP contribution < -0.4 is 10.1 Å². The van der Waals surface area contributed by atoms with Gasteiger partial charge in [-0.15, -0.1) is 0 Å². The molecule has 9 heteroatoms. The lowest BCUT2D eigenvalue weighted by Gasteiger charge is -2.31. The number of carbonyl (C=O) groups is 2. The van der Waals surface area contributed by atoms with E-state index in [0.29, 0.717) is 43.5 Å². The summed E-state index contributed by atoms with van der Waals surface area (Å²) in [6, 6.07) is 14.4. The number of halogens is 3. The second-order valence-corrected chi connectivity index (χ2v) is 9.74. The van der Waals surface area contributed by atoms with Gasteiger partial charge in [-0.05, 0) is 61.9 Å². The van der Waals surface area contributed by atoms with E-state index in [-0.39, 0.29) is 0 Å². The topological polar surface area (TPSA) is 77.5 Å². The van der Waals surface area contributed by atoms with Gasteiger partial charge in [-0.25, -0.2) is 4.98 Å². The van der Waals surface area contributed by atoms with E-state index in [0.717, 1.165) is 11.1 Å². The van der Waals surface area contributed by atoms with Crippen molar-refractivity contribution in [3.63, 3.8) is 0 Å². The van der Waals surface area contributed by atoms with Crippen molar-refractivity contribution in [2.24, 2.45) is 0 Å². The standard InChI is InChI=1S/C26H21Cl3N2O4/c1-14(32)34-13-23(33)30-22-12-26(2,3)35-25-20(22)11-19(15-4-6-16(27)7-5-15)24(31-25)18-9-8-17(28)10-21(18)29/h4-12H,13H2,1-3H3,(H,30,33). The van der Waals surface area contributed by atoms with Crippen LogP contribution in [0.5, 0.6) is 5.88 Å². The summed E-state index contributed by atoms with van der Waals surface area (Å²) in [5, 5.41) is 4.34. The van der Waals surface area contributed by atoms with Crippen LogP contribution in [0.1, 0.15) is 26.3 Å². The van der Waals surface area contributed by atoms with Gasteiger partial charge in [0.2, 0.25) is 5.88 Å². The zero-order valence-electron chi connectivity index (χ0n) is 19.1. The highest BCUT2D eigenvalue weighted by Crippen LogP contribution is 2.42. The fourth-order valence-corrected chi connectivity index (χ4v) is 4.29. The molecule has 0 fully saturated rings. The minimum absolute atomic E-state index is 0.319. The maximum absolute atomic E-state index is 12.5. The molecule has 2 heterocycles. The Balaban J connectivity index is 1.88. The number of nitrogens with zero attached hydrogens (tertiary/aromatic N) is 1. The number of aromatic nitrogens is 1. The molecule has 1 aliphatic heterocycles. The number of ether oxygens (including phenoxy) is 2. The van der Waals surface area contributed by atoms with Crippen LogP contribution in [-0.2, 0) is 14.3 Å². The number of carbonyl (C=O) groups excluding carboxylic acids is 2. The Morgan fingerprint density at radius 1 is 0.971 bits per heavy atom. The van der Waals surface area contributed by atoms with E-state index in [2.05, 4.69) is 5.32 Å². The zero-order chi connectivity index (χ0) is 25.3. The molecule has 0 unspecified atom stereocenters. The summed E-state index contributed by atoms with van der Waals surface area (Å²) >= 11 is 18.8. The maximum Gasteiger partial charge on any atom is 0.303 e. The van der Waals surface area contributed by atoms with E-state index in [1.54, 1.807) is 36.4 Å². The minimum Gasteiger partial charge on any atom is -0.467 e. The Labute approximate surface area is 217 Å². The SMILES string of the molecule is CC(=O)OCC(=O)NC1=CC(C)(C)Oc2nc(-c3ccc(Cl)cc3Cl)c(-c3ccc(Cl)cc3)cc21. The molecule has 180 valence electrons. The Hall–Kier alpha value is -3.06. The number of hydrogen-bond acceptors (Lipinski definition) is 5. The molecule has 6 nitrogen and oxygen atoms in total. The summed E-state index contributed by atoms with van der Waals surface area (Å²) in [6.45, 7) is 4.53. The molecule has 0 saturated heterocycles.